The maximum absolute atomic E-state index is 14.6. The van der Waals surface area contributed by atoms with Crippen LogP contribution in [0.5, 0.6) is 5.75 Å². The summed E-state index contributed by atoms with van der Waals surface area (Å²) in [5.41, 5.74) is 0.749. The van der Waals surface area contributed by atoms with Gasteiger partial charge in [0.15, 0.2) is 0 Å². The Morgan fingerprint density at radius 1 is 1.18 bits per heavy atom. The predicted molar refractivity (Wildman–Crippen MR) is 157 cm³/mol. The predicted octanol–water partition coefficient (Wildman–Crippen LogP) is 5.83. The largest absolute Gasteiger partial charge is 0.496 e. The van der Waals surface area contributed by atoms with Gasteiger partial charge >= 0.3 is 5.97 Å². The van der Waals surface area contributed by atoms with Crippen LogP contribution in [0.2, 0.25) is 0 Å². The zero-order valence-corrected chi connectivity index (χ0v) is 25.0. The number of aromatic nitrogens is 1. The molecule has 1 N–H and O–H groups in total. The highest BCUT2D eigenvalue weighted by Gasteiger charge is 2.60. The minimum atomic E-state index is -1.34. The van der Waals surface area contributed by atoms with Crippen LogP contribution in [0, 0.1) is 11.8 Å². The number of rotatable bonds is 9. The second-order valence-electron chi connectivity index (χ2n) is 12.0. The Hall–Kier alpha value is -3.23. The van der Waals surface area contributed by atoms with E-state index in [0.717, 1.165) is 11.1 Å². The molecule has 7 nitrogen and oxygen atoms in total. The van der Waals surface area contributed by atoms with Crippen molar-refractivity contribution in [2.75, 3.05) is 20.3 Å². The van der Waals surface area contributed by atoms with Crippen molar-refractivity contribution in [1.29, 1.82) is 0 Å². The smallest absolute Gasteiger partial charge is 0.332 e. The van der Waals surface area contributed by atoms with Crippen LogP contribution in [0.15, 0.2) is 60.1 Å². The molecule has 4 rings (SSSR count). The molecule has 0 saturated carbocycles. The summed E-state index contributed by atoms with van der Waals surface area (Å²) in [6.07, 6.45) is 2.20. The van der Waals surface area contributed by atoms with Gasteiger partial charge in [-0.2, -0.15) is 0 Å². The van der Waals surface area contributed by atoms with Crippen molar-refractivity contribution >= 4 is 23.2 Å². The molecular formula is C32H40N2O5S. The molecular weight excluding hydrogens is 524 g/mol. The first-order valence-corrected chi connectivity index (χ1v) is 14.6. The number of benzene rings is 2. The van der Waals surface area contributed by atoms with Crippen LogP contribution in [0.3, 0.4) is 0 Å². The Morgan fingerprint density at radius 3 is 2.48 bits per heavy atom. The molecule has 3 aromatic rings. The fraction of sp³-hybridized carbons (Fsp3) is 0.469. The van der Waals surface area contributed by atoms with Crippen LogP contribution in [0.4, 0.5) is 0 Å². The summed E-state index contributed by atoms with van der Waals surface area (Å²) in [5, 5.41) is 13.1. The molecule has 8 heteroatoms. The molecule has 0 bridgehead atoms. The van der Waals surface area contributed by atoms with E-state index in [0.29, 0.717) is 16.3 Å². The minimum Gasteiger partial charge on any atom is -0.496 e. The summed E-state index contributed by atoms with van der Waals surface area (Å²) in [6.45, 7) is 10.3. The topological polar surface area (TPSA) is 89.0 Å². The Morgan fingerprint density at radius 2 is 1.90 bits per heavy atom. The summed E-state index contributed by atoms with van der Waals surface area (Å²) in [6, 6.07) is 14.5. The van der Waals surface area contributed by atoms with Crippen molar-refractivity contribution in [1.82, 2.24) is 9.88 Å². The van der Waals surface area contributed by atoms with Gasteiger partial charge in [-0.3, -0.25) is 4.79 Å². The van der Waals surface area contributed by atoms with Gasteiger partial charge < -0.3 is 19.5 Å². The number of carbonyl (C=O) groups is 2. The first kappa shape index (κ1) is 29.7. The molecule has 0 aliphatic carbocycles. The third-order valence-corrected chi connectivity index (χ3v) is 8.31. The van der Waals surface area contributed by atoms with Crippen molar-refractivity contribution in [3.8, 4) is 5.75 Å². The third-order valence-electron chi connectivity index (χ3n) is 7.47. The van der Waals surface area contributed by atoms with E-state index in [1.807, 2.05) is 55.6 Å². The zero-order chi connectivity index (χ0) is 29.1. The van der Waals surface area contributed by atoms with Crippen LogP contribution >= 0.6 is 11.3 Å². The number of carbonyl (C=O) groups excluding carboxylic acids is 2. The lowest BCUT2D eigenvalue weighted by Gasteiger charge is -2.39. The highest BCUT2D eigenvalue weighted by Crippen LogP contribution is 2.50. The van der Waals surface area contributed by atoms with Gasteiger partial charge in [0.25, 0.3) is 5.91 Å². The van der Waals surface area contributed by atoms with E-state index in [2.05, 4.69) is 25.8 Å². The van der Waals surface area contributed by atoms with Gasteiger partial charge in [-0.05, 0) is 41.0 Å². The summed E-state index contributed by atoms with van der Waals surface area (Å²) in [4.78, 5) is 35.0. The molecule has 0 radical (unpaired) electrons. The molecule has 1 aliphatic rings. The number of hydrogen-bond donors (Lipinski definition) is 1. The number of aliphatic hydroxyl groups excluding tert-OH is 1. The Labute approximate surface area is 241 Å². The first-order valence-electron chi connectivity index (χ1n) is 13.8. The highest BCUT2D eigenvalue weighted by molar-refractivity contribution is 7.09. The summed E-state index contributed by atoms with van der Waals surface area (Å²) < 4.78 is 11.6. The number of thiazole rings is 1. The summed E-state index contributed by atoms with van der Waals surface area (Å²) in [7, 11) is 1.60. The average Bonchev–Trinajstić information content (AvgIpc) is 3.57. The Bertz CT molecular complexity index is 1300. The third kappa shape index (κ3) is 5.93. The number of hydrogen-bond acceptors (Lipinski definition) is 7. The zero-order valence-electron chi connectivity index (χ0n) is 24.2. The molecule has 1 aliphatic heterocycles. The number of amides is 1. The molecule has 1 fully saturated rings. The van der Waals surface area contributed by atoms with Gasteiger partial charge in [-0.25, -0.2) is 9.78 Å². The number of nitrogens with zero attached hydrogens (tertiary/aromatic N) is 2. The first-order chi connectivity index (χ1) is 19.0. The second-order valence-corrected chi connectivity index (χ2v) is 12.9. The number of aliphatic hydroxyl groups is 1. The van der Waals surface area contributed by atoms with Crippen molar-refractivity contribution in [2.24, 2.45) is 11.8 Å². The summed E-state index contributed by atoms with van der Waals surface area (Å²) >= 11 is 1.41. The molecule has 0 spiro atoms. The monoisotopic (exact) mass is 564 g/mol. The van der Waals surface area contributed by atoms with Gasteiger partial charge in [-0.15, -0.1) is 11.3 Å². The van der Waals surface area contributed by atoms with Gasteiger partial charge in [0, 0.05) is 36.1 Å². The van der Waals surface area contributed by atoms with Gasteiger partial charge in [0.1, 0.15) is 16.3 Å². The van der Waals surface area contributed by atoms with Crippen molar-refractivity contribution < 1.29 is 24.2 Å². The van der Waals surface area contributed by atoms with E-state index in [4.69, 9.17) is 9.47 Å². The lowest BCUT2D eigenvalue weighted by Crippen LogP contribution is -2.56. The van der Waals surface area contributed by atoms with Crippen molar-refractivity contribution in [3.63, 3.8) is 0 Å². The Balaban J connectivity index is 1.91. The second kappa shape index (κ2) is 12.1. The number of esters is 1. The van der Waals surface area contributed by atoms with E-state index >= 15 is 0 Å². The van der Waals surface area contributed by atoms with Crippen LogP contribution < -0.4 is 4.74 Å². The molecule has 214 valence electrons. The number of ether oxygens (including phenoxy) is 2. The average molecular weight is 565 g/mol. The molecule has 1 aromatic heterocycles. The van der Waals surface area contributed by atoms with E-state index in [1.165, 1.54) is 11.3 Å². The Kier molecular flexibility index (Phi) is 9.00. The van der Waals surface area contributed by atoms with Crippen LogP contribution in [0.25, 0.3) is 0 Å². The van der Waals surface area contributed by atoms with E-state index in [9.17, 15) is 14.7 Å². The molecule has 2 aromatic carbocycles. The van der Waals surface area contributed by atoms with E-state index in [1.54, 1.807) is 30.3 Å². The van der Waals surface area contributed by atoms with E-state index < -0.39 is 23.5 Å². The van der Waals surface area contributed by atoms with Crippen LogP contribution in [-0.4, -0.2) is 52.7 Å². The van der Waals surface area contributed by atoms with Gasteiger partial charge in [0.05, 0.1) is 19.8 Å². The van der Waals surface area contributed by atoms with Crippen molar-refractivity contribution in [2.45, 2.75) is 64.5 Å². The van der Waals surface area contributed by atoms with Gasteiger partial charge in [0.2, 0.25) is 0 Å². The lowest BCUT2D eigenvalue weighted by molar-refractivity contribution is -0.157. The fourth-order valence-corrected chi connectivity index (χ4v) is 6.42. The van der Waals surface area contributed by atoms with Crippen LogP contribution in [-0.2, 0) is 21.4 Å². The van der Waals surface area contributed by atoms with Gasteiger partial charge in [-0.1, -0.05) is 71.0 Å². The normalized spacial score (nSPS) is 21.1. The molecule has 1 saturated heterocycles. The van der Waals surface area contributed by atoms with E-state index in [-0.39, 0.29) is 43.3 Å². The molecule has 2 heterocycles. The quantitative estimate of drug-likeness (QED) is 0.329. The SMILES string of the molecule is COc1cc(C(=O)N2C(c3nccs3)C(CO)CC2(Cc2ccccc2)C(=O)OCC(C)C)ccc1C(C)(C)C. The molecule has 3 atom stereocenters. The van der Waals surface area contributed by atoms with Crippen molar-refractivity contribution in [3.05, 3.63) is 81.8 Å². The molecule has 1 amide bonds. The summed E-state index contributed by atoms with van der Waals surface area (Å²) in [5.74, 6) is -0.457. The standard InChI is InChI=1S/C32H40N2O5S/c1-21(2)20-39-30(37)32(17-22-10-8-7-9-11-22)18-24(19-35)27(28-33-14-15-40-28)34(32)29(36)23-12-13-25(31(3,4)5)26(16-23)38-6/h7-16,21,24,27,35H,17-20H2,1-6H3. The maximum atomic E-state index is 14.6. The fourth-order valence-electron chi connectivity index (χ4n) is 5.60. The highest BCUT2D eigenvalue weighted by atomic mass is 32.1. The minimum absolute atomic E-state index is 0.126. The van der Waals surface area contributed by atoms with Crippen LogP contribution in [0.1, 0.15) is 73.6 Å². The lowest BCUT2D eigenvalue weighted by atomic mass is 9.84. The molecule has 3 unspecified atom stereocenters. The number of likely N-dealkylation sites (tertiary alicyclic amines) is 1. The number of methoxy groups -OCH3 is 1. The molecule has 40 heavy (non-hydrogen) atoms. The maximum Gasteiger partial charge on any atom is 0.332 e.